The fraction of sp³-hybridized carbons (Fsp3) is 0.421. The predicted molar refractivity (Wildman–Crippen MR) is 104 cm³/mol. The molecular weight excluding hydrogens is 346 g/mol. The normalized spacial score (nSPS) is 12.8. The molecule has 0 bridgehead atoms. The van der Waals surface area contributed by atoms with Crippen LogP contribution in [0.2, 0.25) is 0 Å². The van der Waals surface area contributed by atoms with Crippen molar-refractivity contribution < 1.29 is 5.11 Å². The maximum Gasteiger partial charge on any atom is 0.332 e. The first-order chi connectivity index (χ1) is 12.8. The van der Waals surface area contributed by atoms with E-state index in [0.29, 0.717) is 23.5 Å². The molecule has 0 spiro atoms. The molecule has 0 aliphatic heterocycles. The summed E-state index contributed by atoms with van der Waals surface area (Å²) >= 11 is 0. The third kappa shape index (κ3) is 3.72. The van der Waals surface area contributed by atoms with Gasteiger partial charge in [-0.25, -0.2) is 9.78 Å². The minimum Gasteiger partial charge on any atom is -0.392 e. The van der Waals surface area contributed by atoms with Crippen molar-refractivity contribution >= 4 is 11.2 Å². The van der Waals surface area contributed by atoms with Gasteiger partial charge < -0.3 is 9.67 Å². The van der Waals surface area contributed by atoms with Gasteiger partial charge in [-0.1, -0.05) is 30.3 Å². The van der Waals surface area contributed by atoms with Crippen molar-refractivity contribution in [3.8, 4) is 0 Å². The van der Waals surface area contributed by atoms with Gasteiger partial charge in [0.1, 0.15) is 5.82 Å². The maximum atomic E-state index is 12.7. The third-order valence-electron chi connectivity index (χ3n) is 4.58. The Kier molecular flexibility index (Phi) is 5.29. The first kappa shape index (κ1) is 19.1. The Morgan fingerprint density at radius 3 is 2.41 bits per heavy atom. The van der Waals surface area contributed by atoms with E-state index in [2.05, 4.69) is 22.0 Å². The first-order valence-electron chi connectivity index (χ1n) is 8.85. The van der Waals surface area contributed by atoms with Gasteiger partial charge in [-0.05, 0) is 19.5 Å². The smallest absolute Gasteiger partial charge is 0.332 e. The average Bonchev–Trinajstić information content (AvgIpc) is 2.96. The van der Waals surface area contributed by atoms with E-state index in [-0.39, 0.29) is 6.54 Å². The lowest BCUT2D eigenvalue weighted by molar-refractivity contribution is 0.171. The molecule has 27 heavy (non-hydrogen) atoms. The molecule has 0 saturated heterocycles. The molecule has 0 aliphatic rings. The highest BCUT2D eigenvalue weighted by Crippen LogP contribution is 2.15. The van der Waals surface area contributed by atoms with E-state index in [1.54, 1.807) is 18.5 Å². The summed E-state index contributed by atoms with van der Waals surface area (Å²) < 4.78 is 4.17. The van der Waals surface area contributed by atoms with Gasteiger partial charge in [-0.15, -0.1) is 0 Å². The number of aromatic nitrogens is 4. The molecule has 2 heterocycles. The summed E-state index contributed by atoms with van der Waals surface area (Å²) in [4.78, 5) is 31.6. The van der Waals surface area contributed by atoms with E-state index < -0.39 is 17.4 Å². The van der Waals surface area contributed by atoms with Crippen LogP contribution in [0.5, 0.6) is 0 Å². The van der Waals surface area contributed by atoms with Gasteiger partial charge in [0.15, 0.2) is 11.2 Å². The number of benzene rings is 1. The highest BCUT2D eigenvalue weighted by atomic mass is 16.3. The molecule has 144 valence electrons. The molecule has 3 aromatic rings. The molecule has 0 radical (unpaired) electrons. The third-order valence-corrected chi connectivity index (χ3v) is 4.58. The number of nitrogens with zero attached hydrogens (tertiary/aromatic N) is 5. The van der Waals surface area contributed by atoms with Crippen LogP contribution in [0, 0.1) is 0 Å². The Morgan fingerprint density at radius 2 is 1.78 bits per heavy atom. The second-order valence-corrected chi connectivity index (χ2v) is 7.02. The van der Waals surface area contributed by atoms with Crippen LogP contribution in [0.1, 0.15) is 18.3 Å². The van der Waals surface area contributed by atoms with Gasteiger partial charge in [0.25, 0.3) is 5.56 Å². The van der Waals surface area contributed by atoms with Crippen LogP contribution in [0.3, 0.4) is 0 Å². The minimum atomic E-state index is -0.650. The average molecular weight is 371 g/mol. The van der Waals surface area contributed by atoms with Crippen molar-refractivity contribution in [1.29, 1.82) is 0 Å². The highest BCUT2D eigenvalue weighted by Gasteiger charge is 2.20. The molecule has 0 amide bonds. The van der Waals surface area contributed by atoms with Gasteiger partial charge in [-0.2, -0.15) is 0 Å². The minimum absolute atomic E-state index is 0.235. The standard InChI is InChI=1S/C19H25N5O3/c1-13(25)10-24-15(12-21(2)11-14-8-6-5-7-9-14)20-17-16(24)18(26)23(4)19(27)22(17)3/h5-9,13,25H,10-12H2,1-4H3/t13-/m0/s1. The molecule has 8 heteroatoms. The summed E-state index contributed by atoms with van der Waals surface area (Å²) in [5.41, 5.74) is 1.02. The summed E-state index contributed by atoms with van der Waals surface area (Å²) in [7, 11) is 5.02. The number of fused-ring (bicyclic) bond motifs is 1. The van der Waals surface area contributed by atoms with Crippen molar-refractivity contribution in [2.45, 2.75) is 32.7 Å². The molecule has 0 fully saturated rings. The van der Waals surface area contributed by atoms with E-state index in [0.717, 1.165) is 11.1 Å². The highest BCUT2D eigenvalue weighted by molar-refractivity contribution is 5.71. The number of hydrogen-bond donors (Lipinski definition) is 1. The lowest BCUT2D eigenvalue weighted by atomic mass is 10.2. The van der Waals surface area contributed by atoms with Crippen LogP contribution < -0.4 is 11.2 Å². The van der Waals surface area contributed by atoms with Gasteiger partial charge in [0.2, 0.25) is 0 Å². The Morgan fingerprint density at radius 1 is 1.11 bits per heavy atom. The number of aliphatic hydroxyl groups excluding tert-OH is 1. The van der Waals surface area contributed by atoms with E-state index in [1.807, 2.05) is 25.2 Å². The topological polar surface area (TPSA) is 85.3 Å². The van der Waals surface area contributed by atoms with Crippen LogP contribution in [-0.4, -0.2) is 41.8 Å². The second-order valence-electron chi connectivity index (χ2n) is 7.02. The van der Waals surface area contributed by atoms with E-state index in [4.69, 9.17) is 0 Å². The fourth-order valence-corrected chi connectivity index (χ4v) is 3.27. The molecule has 8 nitrogen and oxygen atoms in total. The van der Waals surface area contributed by atoms with Crippen LogP contribution >= 0.6 is 0 Å². The van der Waals surface area contributed by atoms with Crippen molar-refractivity contribution in [2.24, 2.45) is 14.1 Å². The van der Waals surface area contributed by atoms with Crippen molar-refractivity contribution in [2.75, 3.05) is 7.05 Å². The lowest BCUT2D eigenvalue weighted by Crippen LogP contribution is -2.37. The number of aliphatic hydroxyl groups is 1. The largest absolute Gasteiger partial charge is 0.392 e. The summed E-state index contributed by atoms with van der Waals surface area (Å²) in [6.07, 6.45) is -0.650. The molecule has 1 N–H and O–H groups in total. The van der Waals surface area contributed by atoms with Gasteiger partial charge >= 0.3 is 5.69 Å². The quantitative estimate of drug-likeness (QED) is 0.680. The number of hydrogen-bond acceptors (Lipinski definition) is 5. The molecule has 1 atom stereocenters. The van der Waals surface area contributed by atoms with Crippen molar-refractivity contribution in [3.63, 3.8) is 0 Å². The zero-order chi connectivity index (χ0) is 19.7. The van der Waals surface area contributed by atoms with Gasteiger partial charge in [0, 0.05) is 20.6 Å². The molecule has 0 aliphatic carbocycles. The Labute approximate surface area is 156 Å². The lowest BCUT2D eigenvalue weighted by Gasteiger charge is -2.18. The summed E-state index contributed by atoms with van der Waals surface area (Å²) in [5, 5.41) is 9.92. The Balaban J connectivity index is 2.06. The zero-order valence-corrected chi connectivity index (χ0v) is 16.1. The van der Waals surface area contributed by atoms with Crippen molar-refractivity contribution in [3.05, 3.63) is 62.6 Å². The van der Waals surface area contributed by atoms with E-state index >= 15 is 0 Å². The molecule has 2 aromatic heterocycles. The molecule has 0 saturated carbocycles. The number of rotatable bonds is 6. The van der Waals surface area contributed by atoms with Crippen LogP contribution in [0.15, 0.2) is 39.9 Å². The maximum absolute atomic E-state index is 12.7. The zero-order valence-electron chi connectivity index (χ0n) is 16.1. The summed E-state index contributed by atoms with van der Waals surface area (Å²) in [6.45, 7) is 3.09. The summed E-state index contributed by atoms with van der Waals surface area (Å²) in [6, 6.07) is 10.1. The molecule has 0 unspecified atom stereocenters. The monoisotopic (exact) mass is 371 g/mol. The molecule has 3 rings (SSSR count). The predicted octanol–water partition coefficient (Wildman–Crippen LogP) is 0.447. The SMILES string of the molecule is C[C@H](O)Cn1c(CN(C)Cc2ccccc2)nc2c1c(=O)n(C)c(=O)n2C. The fourth-order valence-electron chi connectivity index (χ4n) is 3.27. The Hall–Kier alpha value is -2.71. The van der Waals surface area contributed by atoms with Crippen molar-refractivity contribution in [1.82, 2.24) is 23.6 Å². The molecular formula is C19H25N5O3. The van der Waals surface area contributed by atoms with E-state index in [9.17, 15) is 14.7 Å². The van der Waals surface area contributed by atoms with Crippen LogP contribution in [0.4, 0.5) is 0 Å². The van der Waals surface area contributed by atoms with E-state index in [1.165, 1.54) is 17.2 Å². The molecule has 1 aromatic carbocycles. The Bertz CT molecular complexity index is 1060. The second kappa shape index (κ2) is 7.50. The first-order valence-corrected chi connectivity index (χ1v) is 8.85. The number of imidazole rings is 1. The summed E-state index contributed by atoms with van der Waals surface area (Å²) in [5.74, 6) is 0.641. The van der Waals surface area contributed by atoms with Crippen LogP contribution in [0.25, 0.3) is 11.2 Å². The van der Waals surface area contributed by atoms with Gasteiger partial charge in [-0.3, -0.25) is 18.8 Å². The van der Waals surface area contributed by atoms with Crippen LogP contribution in [-0.2, 0) is 33.7 Å². The number of aryl methyl sites for hydroxylation is 1. The van der Waals surface area contributed by atoms with Gasteiger partial charge in [0.05, 0.1) is 19.2 Å².